The summed E-state index contributed by atoms with van der Waals surface area (Å²) in [6, 6.07) is 3.79. The van der Waals surface area contributed by atoms with Gasteiger partial charge in [0, 0.05) is 17.4 Å². The highest BCUT2D eigenvalue weighted by Crippen LogP contribution is 2.28. The molecule has 1 N–H and O–H groups in total. The number of benzene rings is 1. The van der Waals surface area contributed by atoms with Crippen LogP contribution in [0.1, 0.15) is 21.7 Å². The molecule has 2 aromatic heterocycles. The minimum absolute atomic E-state index is 0.153. The molecule has 0 fully saturated rings. The Morgan fingerprint density at radius 3 is 2.70 bits per heavy atom. The Morgan fingerprint density at radius 1 is 1.26 bits per heavy atom. The highest BCUT2D eigenvalue weighted by atomic mass is 35.5. The minimum atomic E-state index is -4.75. The van der Waals surface area contributed by atoms with Gasteiger partial charge >= 0.3 is 6.18 Å². The zero-order chi connectivity index (χ0) is 16.8. The Morgan fingerprint density at radius 2 is 2.00 bits per heavy atom. The molecule has 118 valence electrons. The SMILES string of the molecule is O=C(c1cnc2nnc(C(F)(F)F)n2c1)c1cc(Cl)ccc1O. The third-order valence-corrected chi connectivity index (χ3v) is 3.22. The van der Waals surface area contributed by atoms with Gasteiger partial charge in [-0.05, 0) is 18.2 Å². The predicted octanol–water partition coefficient (Wildman–Crippen LogP) is 2.73. The van der Waals surface area contributed by atoms with E-state index < -0.39 is 17.8 Å². The first-order chi connectivity index (χ1) is 10.8. The Kier molecular flexibility index (Phi) is 3.44. The molecule has 2 heterocycles. The van der Waals surface area contributed by atoms with Crippen molar-refractivity contribution in [3.8, 4) is 5.75 Å². The number of phenolic OH excluding ortho intramolecular Hbond substituents is 1. The fraction of sp³-hybridized carbons (Fsp3) is 0.0769. The van der Waals surface area contributed by atoms with Gasteiger partial charge in [0.05, 0.1) is 11.1 Å². The molecule has 0 atom stereocenters. The normalized spacial score (nSPS) is 11.8. The van der Waals surface area contributed by atoms with Gasteiger partial charge in [-0.2, -0.15) is 13.2 Å². The summed E-state index contributed by atoms with van der Waals surface area (Å²) in [5.41, 5.74) is -0.333. The van der Waals surface area contributed by atoms with Gasteiger partial charge in [0.25, 0.3) is 5.78 Å². The summed E-state index contributed by atoms with van der Waals surface area (Å²) in [6.07, 6.45) is -2.79. The second-order valence-corrected chi connectivity index (χ2v) is 4.96. The smallest absolute Gasteiger partial charge is 0.452 e. The summed E-state index contributed by atoms with van der Waals surface area (Å²) < 4.78 is 39.1. The summed E-state index contributed by atoms with van der Waals surface area (Å²) in [5.74, 6) is -2.69. The third-order valence-electron chi connectivity index (χ3n) is 2.98. The lowest BCUT2D eigenvalue weighted by Gasteiger charge is -2.06. The molecule has 0 aliphatic heterocycles. The van der Waals surface area contributed by atoms with E-state index in [9.17, 15) is 23.1 Å². The molecule has 6 nitrogen and oxygen atoms in total. The van der Waals surface area contributed by atoms with E-state index in [-0.39, 0.29) is 27.7 Å². The van der Waals surface area contributed by atoms with Gasteiger partial charge in [-0.15, -0.1) is 10.2 Å². The van der Waals surface area contributed by atoms with Crippen LogP contribution in [0.2, 0.25) is 5.02 Å². The predicted molar refractivity (Wildman–Crippen MR) is 72.3 cm³/mol. The van der Waals surface area contributed by atoms with Gasteiger partial charge in [-0.25, -0.2) is 4.98 Å². The van der Waals surface area contributed by atoms with E-state index >= 15 is 0 Å². The van der Waals surface area contributed by atoms with Crippen LogP contribution >= 0.6 is 11.6 Å². The molecule has 0 saturated heterocycles. The number of aromatic hydroxyl groups is 1. The fourth-order valence-electron chi connectivity index (χ4n) is 1.95. The number of nitrogens with zero attached hydrogens (tertiary/aromatic N) is 4. The van der Waals surface area contributed by atoms with Crippen molar-refractivity contribution in [1.29, 1.82) is 0 Å². The number of carbonyl (C=O) groups excluding carboxylic acids is 1. The monoisotopic (exact) mass is 342 g/mol. The molecule has 0 saturated carbocycles. The van der Waals surface area contributed by atoms with Gasteiger partial charge < -0.3 is 5.11 Å². The van der Waals surface area contributed by atoms with Crippen molar-refractivity contribution >= 4 is 23.2 Å². The van der Waals surface area contributed by atoms with Gasteiger partial charge in [-0.1, -0.05) is 11.6 Å². The molecule has 0 spiro atoms. The van der Waals surface area contributed by atoms with Crippen LogP contribution in [0.4, 0.5) is 13.2 Å². The van der Waals surface area contributed by atoms with Gasteiger partial charge in [-0.3, -0.25) is 9.20 Å². The van der Waals surface area contributed by atoms with Gasteiger partial charge in [0.2, 0.25) is 5.82 Å². The molecule has 0 radical (unpaired) electrons. The standard InChI is InChI=1S/C13H6ClF3N4O2/c14-7-1-2-9(22)8(3-7)10(23)6-4-18-12-20-19-11(13(15,16)17)21(12)5-6/h1-5,22H. The summed E-state index contributed by atoms with van der Waals surface area (Å²) in [4.78, 5) is 16.0. The first-order valence-electron chi connectivity index (χ1n) is 6.08. The van der Waals surface area contributed by atoms with Crippen molar-refractivity contribution in [2.45, 2.75) is 6.18 Å². The number of carbonyl (C=O) groups is 1. The third kappa shape index (κ3) is 2.70. The summed E-state index contributed by atoms with van der Waals surface area (Å²) in [5, 5.41) is 16.2. The molecular formula is C13H6ClF3N4O2. The Hall–Kier alpha value is -2.68. The van der Waals surface area contributed by atoms with Crippen LogP contribution < -0.4 is 0 Å². The van der Waals surface area contributed by atoms with Crippen LogP contribution in [0, 0.1) is 0 Å². The van der Waals surface area contributed by atoms with Crippen molar-refractivity contribution in [2.24, 2.45) is 0 Å². The van der Waals surface area contributed by atoms with Gasteiger partial charge in [0.1, 0.15) is 5.75 Å². The molecule has 0 aliphatic rings. The maximum Gasteiger partial charge on any atom is 0.452 e. The second kappa shape index (κ2) is 5.20. The zero-order valence-corrected chi connectivity index (χ0v) is 11.8. The number of phenols is 1. The highest BCUT2D eigenvalue weighted by molar-refractivity contribution is 6.31. The van der Waals surface area contributed by atoms with E-state index in [4.69, 9.17) is 11.6 Å². The van der Waals surface area contributed by atoms with Crippen LogP contribution in [-0.2, 0) is 6.18 Å². The fourth-order valence-corrected chi connectivity index (χ4v) is 2.12. The van der Waals surface area contributed by atoms with Crippen molar-refractivity contribution in [2.75, 3.05) is 0 Å². The Labute approximate surface area is 131 Å². The van der Waals surface area contributed by atoms with E-state index in [1.165, 1.54) is 18.2 Å². The molecule has 0 bridgehead atoms. The average Bonchev–Trinajstić information content (AvgIpc) is 2.92. The molecule has 0 aliphatic carbocycles. The van der Waals surface area contributed by atoms with E-state index in [1.54, 1.807) is 0 Å². The summed E-state index contributed by atoms with van der Waals surface area (Å²) in [6.45, 7) is 0. The summed E-state index contributed by atoms with van der Waals surface area (Å²) >= 11 is 5.76. The van der Waals surface area contributed by atoms with Crippen LogP contribution in [0.15, 0.2) is 30.6 Å². The van der Waals surface area contributed by atoms with Crippen molar-refractivity contribution in [3.05, 3.63) is 52.6 Å². The van der Waals surface area contributed by atoms with Crippen molar-refractivity contribution < 1.29 is 23.1 Å². The largest absolute Gasteiger partial charge is 0.507 e. The van der Waals surface area contributed by atoms with Crippen molar-refractivity contribution in [1.82, 2.24) is 19.6 Å². The quantitative estimate of drug-likeness (QED) is 0.724. The lowest BCUT2D eigenvalue weighted by Crippen LogP contribution is -2.12. The first kappa shape index (κ1) is 15.2. The Bertz CT molecular complexity index is 923. The van der Waals surface area contributed by atoms with E-state index in [0.29, 0.717) is 4.40 Å². The van der Waals surface area contributed by atoms with Crippen molar-refractivity contribution in [3.63, 3.8) is 0 Å². The molecule has 0 amide bonds. The Balaban J connectivity index is 2.13. The topological polar surface area (TPSA) is 80.4 Å². The number of fused-ring (bicyclic) bond motifs is 1. The lowest BCUT2D eigenvalue weighted by molar-refractivity contribution is -0.145. The minimum Gasteiger partial charge on any atom is -0.507 e. The number of hydrogen-bond donors (Lipinski definition) is 1. The zero-order valence-electron chi connectivity index (χ0n) is 11.0. The van der Waals surface area contributed by atoms with Crippen LogP contribution in [-0.4, -0.2) is 30.5 Å². The molecule has 10 heteroatoms. The van der Waals surface area contributed by atoms with E-state index in [0.717, 1.165) is 12.4 Å². The molecule has 1 aromatic carbocycles. The molecule has 3 rings (SSSR count). The first-order valence-corrected chi connectivity index (χ1v) is 6.46. The van der Waals surface area contributed by atoms with Gasteiger partial charge in [0.15, 0.2) is 5.78 Å². The van der Waals surface area contributed by atoms with E-state index in [2.05, 4.69) is 15.2 Å². The average molecular weight is 343 g/mol. The number of rotatable bonds is 2. The molecule has 0 unspecified atom stereocenters. The number of alkyl halides is 3. The number of hydrogen-bond acceptors (Lipinski definition) is 5. The highest BCUT2D eigenvalue weighted by Gasteiger charge is 2.37. The maximum atomic E-state index is 12.8. The van der Waals surface area contributed by atoms with E-state index in [1.807, 2.05) is 0 Å². The maximum absolute atomic E-state index is 12.8. The molecule has 3 aromatic rings. The van der Waals surface area contributed by atoms with Crippen LogP contribution in [0.25, 0.3) is 5.78 Å². The number of halogens is 4. The van der Waals surface area contributed by atoms with Crippen LogP contribution in [0.5, 0.6) is 5.75 Å². The number of ketones is 1. The molecule has 23 heavy (non-hydrogen) atoms. The molecular weight excluding hydrogens is 337 g/mol. The van der Waals surface area contributed by atoms with Crippen LogP contribution in [0.3, 0.4) is 0 Å². The second-order valence-electron chi connectivity index (χ2n) is 4.52. The lowest BCUT2D eigenvalue weighted by atomic mass is 10.1. The number of aromatic nitrogens is 4. The summed E-state index contributed by atoms with van der Waals surface area (Å²) in [7, 11) is 0.